The van der Waals surface area contributed by atoms with Gasteiger partial charge in [-0.25, -0.2) is 27.9 Å². The second-order valence-electron chi connectivity index (χ2n) is 6.90. The Morgan fingerprint density at radius 3 is 2.62 bits per heavy atom. The standard InChI is InChI=1S/C21H20FN7O2S/c22-18-13-27-21(28-16-2-1-3-17(12-16)32(23,30)31)29-20(18)24-9-8-14-4-6-15(7-5-14)19-25-10-11-26-19/h1-7,10-13H,8-9H2,(H,25,26)(H2,23,30,31)(H2,24,27,28,29). The second kappa shape index (κ2) is 9.12. The number of anilines is 3. The Morgan fingerprint density at radius 1 is 1.09 bits per heavy atom. The number of sulfonamides is 1. The molecule has 11 heteroatoms. The summed E-state index contributed by atoms with van der Waals surface area (Å²) in [4.78, 5) is 15.3. The number of hydrogen-bond acceptors (Lipinski definition) is 7. The van der Waals surface area contributed by atoms with E-state index in [0.29, 0.717) is 18.7 Å². The van der Waals surface area contributed by atoms with Gasteiger partial charge in [-0.2, -0.15) is 4.98 Å². The molecule has 0 unspecified atom stereocenters. The first-order valence-corrected chi connectivity index (χ1v) is 11.2. The van der Waals surface area contributed by atoms with Crippen molar-refractivity contribution in [3.05, 3.63) is 78.5 Å². The molecule has 0 aliphatic rings. The van der Waals surface area contributed by atoms with Crippen molar-refractivity contribution in [3.8, 4) is 11.4 Å². The van der Waals surface area contributed by atoms with Gasteiger partial charge in [0.15, 0.2) is 11.6 Å². The third-order valence-electron chi connectivity index (χ3n) is 4.59. The average Bonchev–Trinajstić information content (AvgIpc) is 3.31. The number of aromatic amines is 1. The molecule has 2 aromatic heterocycles. The number of benzene rings is 2. The van der Waals surface area contributed by atoms with E-state index >= 15 is 0 Å². The zero-order valence-electron chi connectivity index (χ0n) is 16.8. The van der Waals surface area contributed by atoms with E-state index in [-0.39, 0.29) is 16.7 Å². The van der Waals surface area contributed by atoms with E-state index < -0.39 is 15.8 Å². The van der Waals surface area contributed by atoms with Crippen molar-refractivity contribution in [2.24, 2.45) is 5.14 Å². The lowest BCUT2D eigenvalue weighted by Gasteiger charge is -2.10. The van der Waals surface area contributed by atoms with Crippen molar-refractivity contribution in [2.45, 2.75) is 11.3 Å². The molecular formula is C21H20FN7O2S. The number of nitrogens with zero attached hydrogens (tertiary/aromatic N) is 3. The first-order chi connectivity index (χ1) is 15.4. The van der Waals surface area contributed by atoms with Crippen LogP contribution in [-0.4, -0.2) is 34.9 Å². The summed E-state index contributed by atoms with van der Waals surface area (Å²) < 4.78 is 37.2. The van der Waals surface area contributed by atoms with E-state index in [4.69, 9.17) is 5.14 Å². The summed E-state index contributed by atoms with van der Waals surface area (Å²) in [7, 11) is -3.84. The minimum Gasteiger partial charge on any atom is -0.367 e. The van der Waals surface area contributed by atoms with Crippen LogP contribution in [0.4, 0.5) is 21.8 Å². The Bertz CT molecular complexity index is 1310. The number of nitrogens with one attached hydrogen (secondary N) is 3. The number of rotatable bonds is 8. The molecule has 2 aromatic carbocycles. The van der Waals surface area contributed by atoms with E-state index in [9.17, 15) is 12.8 Å². The fourth-order valence-corrected chi connectivity index (χ4v) is 3.57. The van der Waals surface area contributed by atoms with Gasteiger partial charge in [-0.05, 0) is 30.2 Å². The molecule has 0 aliphatic carbocycles. The molecule has 4 aromatic rings. The number of primary sulfonamides is 1. The van der Waals surface area contributed by atoms with Gasteiger partial charge in [0.1, 0.15) is 5.82 Å². The zero-order chi connectivity index (χ0) is 22.6. The molecule has 0 bridgehead atoms. The monoisotopic (exact) mass is 453 g/mol. The topological polar surface area (TPSA) is 139 Å². The van der Waals surface area contributed by atoms with Crippen molar-refractivity contribution in [1.29, 1.82) is 0 Å². The predicted molar refractivity (Wildman–Crippen MR) is 119 cm³/mol. The minimum atomic E-state index is -3.84. The molecule has 5 N–H and O–H groups in total. The van der Waals surface area contributed by atoms with Gasteiger partial charge < -0.3 is 15.6 Å². The van der Waals surface area contributed by atoms with Gasteiger partial charge in [0, 0.05) is 30.2 Å². The van der Waals surface area contributed by atoms with Gasteiger partial charge >= 0.3 is 0 Å². The highest BCUT2D eigenvalue weighted by Crippen LogP contribution is 2.20. The highest BCUT2D eigenvalue weighted by atomic mass is 32.2. The number of imidazole rings is 1. The number of halogens is 1. The highest BCUT2D eigenvalue weighted by molar-refractivity contribution is 7.89. The SMILES string of the molecule is NS(=O)(=O)c1cccc(Nc2ncc(F)c(NCCc3ccc(-c4ncc[nH]4)cc3)n2)c1. The lowest BCUT2D eigenvalue weighted by molar-refractivity contribution is 0.598. The normalized spacial score (nSPS) is 11.3. The molecule has 0 amide bonds. The third-order valence-corrected chi connectivity index (χ3v) is 5.51. The Kier molecular flexibility index (Phi) is 6.10. The summed E-state index contributed by atoms with van der Waals surface area (Å²) in [5.41, 5.74) is 2.46. The minimum absolute atomic E-state index is 0.0392. The molecule has 0 spiro atoms. The second-order valence-corrected chi connectivity index (χ2v) is 8.46. The number of nitrogens with two attached hydrogens (primary N) is 1. The number of H-pyrrole nitrogens is 1. The smallest absolute Gasteiger partial charge is 0.238 e. The first-order valence-electron chi connectivity index (χ1n) is 9.63. The van der Waals surface area contributed by atoms with Gasteiger partial charge in [-0.1, -0.05) is 30.3 Å². The fraction of sp³-hybridized carbons (Fsp3) is 0.0952. The molecule has 2 heterocycles. The van der Waals surface area contributed by atoms with Crippen molar-refractivity contribution >= 4 is 27.5 Å². The summed E-state index contributed by atoms with van der Waals surface area (Å²) in [5, 5.41) is 11.0. The molecule has 32 heavy (non-hydrogen) atoms. The van der Waals surface area contributed by atoms with Crippen LogP contribution >= 0.6 is 0 Å². The molecule has 0 saturated carbocycles. The Hall–Kier alpha value is -3.83. The quantitative estimate of drug-likeness (QED) is 0.322. The summed E-state index contributed by atoms with van der Waals surface area (Å²) in [6.07, 6.45) is 5.16. The third kappa shape index (κ3) is 5.25. The van der Waals surface area contributed by atoms with Crippen LogP contribution in [0.3, 0.4) is 0 Å². The summed E-state index contributed by atoms with van der Waals surface area (Å²) in [5.74, 6) is 0.356. The van der Waals surface area contributed by atoms with Gasteiger partial charge in [0.25, 0.3) is 0 Å². The average molecular weight is 454 g/mol. The number of hydrogen-bond donors (Lipinski definition) is 4. The van der Waals surface area contributed by atoms with Gasteiger partial charge in [-0.3, -0.25) is 0 Å². The van der Waals surface area contributed by atoms with E-state index in [2.05, 4.69) is 30.6 Å². The van der Waals surface area contributed by atoms with E-state index in [0.717, 1.165) is 23.1 Å². The van der Waals surface area contributed by atoms with Crippen LogP contribution in [-0.2, 0) is 16.4 Å². The van der Waals surface area contributed by atoms with Crippen LogP contribution in [0.15, 0.2) is 72.0 Å². The van der Waals surface area contributed by atoms with Crippen LogP contribution in [0.25, 0.3) is 11.4 Å². The molecule has 9 nitrogen and oxygen atoms in total. The largest absolute Gasteiger partial charge is 0.367 e. The van der Waals surface area contributed by atoms with Crippen molar-refractivity contribution in [3.63, 3.8) is 0 Å². The van der Waals surface area contributed by atoms with Crippen LogP contribution < -0.4 is 15.8 Å². The molecule has 164 valence electrons. The lowest BCUT2D eigenvalue weighted by Crippen LogP contribution is -2.12. The molecule has 0 radical (unpaired) electrons. The van der Waals surface area contributed by atoms with Gasteiger partial charge in [-0.15, -0.1) is 0 Å². The van der Waals surface area contributed by atoms with Crippen molar-refractivity contribution in [2.75, 3.05) is 17.2 Å². The van der Waals surface area contributed by atoms with Crippen LogP contribution in [0.1, 0.15) is 5.56 Å². The summed E-state index contributed by atoms with van der Waals surface area (Å²) in [6, 6.07) is 13.8. The van der Waals surface area contributed by atoms with Crippen LogP contribution in [0.2, 0.25) is 0 Å². The Morgan fingerprint density at radius 2 is 1.91 bits per heavy atom. The fourth-order valence-electron chi connectivity index (χ4n) is 3.01. The predicted octanol–water partition coefficient (Wildman–Crippen LogP) is 3.05. The molecular weight excluding hydrogens is 433 g/mol. The maximum absolute atomic E-state index is 14.1. The lowest BCUT2D eigenvalue weighted by atomic mass is 10.1. The van der Waals surface area contributed by atoms with Gasteiger partial charge in [0.2, 0.25) is 16.0 Å². The molecule has 0 atom stereocenters. The van der Waals surface area contributed by atoms with Crippen LogP contribution in [0.5, 0.6) is 0 Å². The molecule has 4 rings (SSSR count). The van der Waals surface area contributed by atoms with Crippen molar-refractivity contribution < 1.29 is 12.8 Å². The first kappa shape index (κ1) is 21.4. The maximum Gasteiger partial charge on any atom is 0.238 e. The molecule has 0 saturated heterocycles. The highest BCUT2D eigenvalue weighted by Gasteiger charge is 2.10. The summed E-state index contributed by atoms with van der Waals surface area (Å²) >= 11 is 0. The molecule has 0 aliphatic heterocycles. The van der Waals surface area contributed by atoms with E-state index in [1.54, 1.807) is 18.5 Å². The zero-order valence-corrected chi connectivity index (χ0v) is 17.6. The number of aromatic nitrogens is 4. The van der Waals surface area contributed by atoms with Crippen LogP contribution in [0, 0.1) is 5.82 Å². The van der Waals surface area contributed by atoms with Crippen molar-refractivity contribution in [1.82, 2.24) is 19.9 Å². The van der Waals surface area contributed by atoms with E-state index in [1.807, 2.05) is 24.3 Å². The Labute approximate surface area is 184 Å². The Balaban J connectivity index is 1.39. The van der Waals surface area contributed by atoms with Gasteiger partial charge in [0.05, 0.1) is 11.1 Å². The summed E-state index contributed by atoms with van der Waals surface area (Å²) in [6.45, 7) is 0.453. The van der Waals surface area contributed by atoms with E-state index in [1.165, 1.54) is 18.2 Å². The maximum atomic E-state index is 14.1. The molecule has 0 fully saturated rings.